The van der Waals surface area contributed by atoms with Gasteiger partial charge in [-0.3, -0.25) is 20.2 Å². The Balaban J connectivity index is 0.843. The molecule has 0 spiro atoms. The van der Waals surface area contributed by atoms with E-state index in [-0.39, 0.29) is 11.5 Å². The predicted molar refractivity (Wildman–Crippen MR) is 336 cm³/mol. The number of fused-ring (bicyclic) bond motifs is 6. The number of benzene rings is 12. The Kier molecular flexibility index (Phi) is 13.3. The molecule has 0 unspecified atom stereocenters. The highest BCUT2D eigenvalue weighted by atomic mass is 28.4. The van der Waals surface area contributed by atoms with Gasteiger partial charge in [-0.05, 0) is 127 Å². The van der Waals surface area contributed by atoms with Crippen molar-refractivity contribution in [3.63, 3.8) is 0 Å². The van der Waals surface area contributed by atoms with Gasteiger partial charge in [0.15, 0.2) is 11.5 Å². The number of rotatable bonds is 16. The molecule has 420 valence electrons. The number of hydrogen-bond acceptors (Lipinski definition) is 10. The summed E-state index contributed by atoms with van der Waals surface area (Å²) in [6.45, 7) is 0. The third-order valence-corrected chi connectivity index (χ3v) is 19.9. The Morgan fingerprint density at radius 1 is 0.310 bits per heavy atom. The van der Waals surface area contributed by atoms with Crippen LogP contribution in [0.4, 0.5) is 11.4 Å². The van der Waals surface area contributed by atoms with E-state index in [1.807, 2.05) is 109 Å². The largest absolute Gasteiger partial charge is 0.531 e. The van der Waals surface area contributed by atoms with Crippen LogP contribution in [0, 0.1) is 20.2 Å². The molecule has 12 nitrogen and oxygen atoms in total. The Bertz CT molecular complexity index is 4220. The van der Waals surface area contributed by atoms with Crippen molar-refractivity contribution in [2.45, 2.75) is 10.8 Å². The second-order valence-corrected chi connectivity index (χ2v) is 24.1. The summed E-state index contributed by atoms with van der Waals surface area (Å²) < 4.78 is 27.4. The molecule has 12 aromatic rings. The van der Waals surface area contributed by atoms with Crippen molar-refractivity contribution in [2.75, 3.05) is 0 Å². The highest BCUT2D eigenvalue weighted by Crippen LogP contribution is 2.58. The molecule has 0 aliphatic heterocycles. The van der Waals surface area contributed by atoms with Gasteiger partial charge in [0, 0.05) is 34.6 Å². The van der Waals surface area contributed by atoms with Gasteiger partial charge in [-0.2, -0.15) is 0 Å². The maximum Gasteiger partial charge on any atom is 0.531 e. The Labute approximate surface area is 501 Å². The van der Waals surface area contributed by atoms with Crippen LogP contribution in [0.2, 0.25) is 0 Å². The molecule has 0 saturated carbocycles. The van der Waals surface area contributed by atoms with Crippen LogP contribution in [-0.2, 0) is 10.8 Å². The molecule has 2 aliphatic rings. The van der Waals surface area contributed by atoms with E-state index < -0.39 is 52.1 Å². The van der Waals surface area contributed by atoms with E-state index in [0.29, 0.717) is 23.0 Å². The van der Waals surface area contributed by atoms with Crippen LogP contribution in [0.25, 0.3) is 22.3 Å². The van der Waals surface area contributed by atoms with Crippen molar-refractivity contribution >= 4 is 30.3 Å². The van der Waals surface area contributed by atoms with Gasteiger partial charge in [-0.25, -0.2) is 0 Å². The van der Waals surface area contributed by atoms with Crippen LogP contribution in [0.5, 0.6) is 46.0 Å². The average molecular weight is 1160 g/mol. The minimum absolute atomic E-state index is 0.258. The molecule has 12 aromatic carbocycles. The van der Waals surface area contributed by atoms with E-state index in [1.54, 1.807) is 0 Å². The summed E-state index contributed by atoms with van der Waals surface area (Å²) in [5.41, 5.74) is 10.5. The van der Waals surface area contributed by atoms with Gasteiger partial charge in [0.25, 0.3) is 0 Å². The van der Waals surface area contributed by atoms with E-state index in [4.69, 9.17) is 18.3 Å². The van der Waals surface area contributed by atoms with Crippen LogP contribution < -0.4 is 28.7 Å². The van der Waals surface area contributed by atoms with Crippen molar-refractivity contribution in [3.05, 3.63) is 356 Å². The lowest BCUT2D eigenvalue weighted by atomic mass is 9.68. The number of aromatic hydroxyl groups is 2. The summed E-state index contributed by atoms with van der Waals surface area (Å²) in [5, 5.41) is 45.4. The van der Waals surface area contributed by atoms with E-state index in [1.165, 1.54) is 36.4 Å². The topological polar surface area (TPSA) is 164 Å². The predicted octanol–water partition coefficient (Wildman–Crippen LogP) is 15.9. The molecule has 14 rings (SSSR count). The number of nitro benzene ring substituents is 2. The summed E-state index contributed by atoms with van der Waals surface area (Å²) in [6, 6.07) is 94.4. The maximum absolute atomic E-state index is 11.4. The summed E-state index contributed by atoms with van der Waals surface area (Å²) in [5.74, 6) is 1.74. The molecule has 2 N–H and O–H groups in total. The van der Waals surface area contributed by atoms with Crippen molar-refractivity contribution in [2.24, 2.45) is 0 Å². The van der Waals surface area contributed by atoms with Crippen LogP contribution >= 0.6 is 0 Å². The number of hydrogen-bond donors (Lipinski definition) is 2. The number of nitro groups is 2. The second-order valence-electron chi connectivity index (χ2n) is 21.4. The first-order valence-electron chi connectivity index (χ1n) is 28.2. The lowest BCUT2D eigenvalue weighted by molar-refractivity contribution is -0.386. The molecule has 0 radical (unpaired) electrons. The molecule has 0 atom stereocenters. The fourth-order valence-electron chi connectivity index (χ4n) is 12.9. The standard InChI is InChI=1S/C74H50N2O10Si/c77-71-47-57(43-45-69(71)75(79)80)83-53-35-27-49(28-36-53)73(65-23-11-7-19-61(65)62-20-8-12-24-66(62)73)51-31-39-55(40-32-51)85-87(59-15-3-1-4-16-59,60-17-5-2-6-18-60)86-56-41-33-52(34-42-56)74(67-25-13-9-21-63(67)64-22-10-14-26-68(64)74)50-29-37-54(38-30-50)84-58-44-46-70(76(81)82)72(78)48-58/h1-48,77-78H. The zero-order valence-electron chi connectivity index (χ0n) is 46.3. The molecular weight excluding hydrogens is 1100 g/mol. The van der Waals surface area contributed by atoms with Gasteiger partial charge in [-0.1, -0.05) is 206 Å². The van der Waals surface area contributed by atoms with Crippen molar-refractivity contribution in [1.82, 2.24) is 0 Å². The van der Waals surface area contributed by atoms with Gasteiger partial charge in [-0.15, -0.1) is 0 Å². The van der Waals surface area contributed by atoms with E-state index in [2.05, 4.69) is 146 Å². The molecule has 87 heavy (non-hydrogen) atoms. The highest BCUT2D eigenvalue weighted by Gasteiger charge is 2.50. The third kappa shape index (κ3) is 9.00. The summed E-state index contributed by atoms with van der Waals surface area (Å²) in [7, 11) is -3.75. The zero-order chi connectivity index (χ0) is 59.3. The minimum atomic E-state index is -3.75. The van der Waals surface area contributed by atoms with Gasteiger partial charge in [0.1, 0.15) is 34.5 Å². The Hall–Kier alpha value is -11.5. The number of ether oxygens (including phenoxy) is 2. The quantitative estimate of drug-likeness (QED) is 0.0541. The molecule has 0 saturated heterocycles. The Morgan fingerprint density at radius 3 is 0.862 bits per heavy atom. The lowest BCUT2D eigenvalue weighted by Crippen LogP contribution is -2.68. The number of phenolic OH excluding ortho intramolecular Hbond substituents is 2. The van der Waals surface area contributed by atoms with Gasteiger partial charge in [0.05, 0.1) is 20.7 Å². The molecule has 2 aliphatic carbocycles. The first kappa shape index (κ1) is 53.5. The third-order valence-electron chi connectivity index (χ3n) is 16.6. The molecular formula is C74H50N2O10Si. The second kappa shape index (κ2) is 21.6. The number of phenols is 2. The fraction of sp³-hybridized carbons (Fsp3) is 0.0270. The summed E-state index contributed by atoms with van der Waals surface area (Å²) in [4.78, 5) is 21.6. The monoisotopic (exact) mass is 1150 g/mol. The average Bonchev–Trinajstić information content (AvgIpc) is 1.64. The zero-order valence-corrected chi connectivity index (χ0v) is 47.3. The summed E-state index contributed by atoms with van der Waals surface area (Å²) in [6.07, 6.45) is 0. The summed E-state index contributed by atoms with van der Waals surface area (Å²) >= 11 is 0. The lowest BCUT2D eigenvalue weighted by Gasteiger charge is -2.35. The van der Waals surface area contributed by atoms with Crippen LogP contribution in [0.15, 0.2) is 291 Å². The van der Waals surface area contributed by atoms with E-state index >= 15 is 0 Å². The first-order valence-corrected chi connectivity index (χ1v) is 30.0. The number of nitrogens with zero attached hydrogens (tertiary/aromatic N) is 2. The van der Waals surface area contributed by atoms with Gasteiger partial charge in [0.2, 0.25) is 0 Å². The minimum Gasteiger partial charge on any atom is -0.506 e. The van der Waals surface area contributed by atoms with E-state index in [9.17, 15) is 30.4 Å². The fourth-order valence-corrected chi connectivity index (χ4v) is 16.0. The van der Waals surface area contributed by atoms with Gasteiger partial charge < -0.3 is 28.5 Å². The molecule has 0 fully saturated rings. The highest BCUT2D eigenvalue weighted by molar-refractivity contribution is 6.93. The van der Waals surface area contributed by atoms with Crippen LogP contribution in [0.1, 0.15) is 44.5 Å². The maximum atomic E-state index is 11.4. The SMILES string of the molecule is O=[N+]([O-])c1ccc(Oc2ccc(C3(c4ccc(O[Si](Oc5ccc(C6(c7ccc(Oc8ccc([N+](=O)[O-])c(O)c8)cc7)c7ccccc7-c7ccccc76)cc5)(c5ccccc5)c5ccccc5)cc4)c4ccccc4-c4ccccc43)cc2)cc1O. The van der Waals surface area contributed by atoms with E-state index in [0.717, 1.165) is 77.1 Å². The molecule has 0 aromatic heterocycles. The van der Waals surface area contributed by atoms with Gasteiger partial charge >= 0.3 is 19.9 Å². The van der Waals surface area contributed by atoms with Crippen LogP contribution in [0.3, 0.4) is 0 Å². The van der Waals surface area contributed by atoms with Crippen molar-refractivity contribution in [3.8, 4) is 68.2 Å². The molecule has 0 heterocycles. The van der Waals surface area contributed by atoms with Crippen molar-refractivity contribution in [1.29, 1.82) is 0 Å². The molecule has 13 heteroatoms. The Morgan fingerprint density at radius 2 is 0.575 bits per heavy atom. The first-order chi connectivity index (χ1) is 42.5. The van der Waals surface area contributed by atoms with Crippen molar-refractivity contribution < 1.29 is 38.4 Å². The smallest absolute Gasteiger partial charge is 0.506 e. The molecule has 0 amide bonds. The normalized spacial score (nSPS) is 13.1. The van der Waals surface area contributed by atoms with Crippen LogP contribution in [-0.4, -0.2) is 28.6 Å². The molecule has 0 bridgehead atoms.